The average Bonchev–Trinajstić information content (AvgIpc) is 2.79. The summed E-state index contributed by atoms with van der Waals surface area (Å²) in [6.07, 6.45) is 8.14. The van der Waals surface area contributed by atoms with Crippen molar-refractivity contribution in [1.82, 2.24) is 4.90 Å². The highest BCUT2D eigenvalue weighted by molar-refractivity contribution is 5.95. The van der Waals surface area contributed by atoms with Gasteiger partial charge in [-0.2, -0.15) is 0 Å². The number of aryl methyl sites for hydroxylation is 1. The summed E-state index contributed by atoms with van der Waals surface area (Å²) in [5.74, 6) is 0.233. The Labute approximate surface area is 127 Å². The number of carbonyl (C=O) groups is 1. The molecule has 1 amide bonds. The zero-order chi connectivity index (χ0) is 14.7. The molecule has 2 aliphatic heterocycles. The van der Waals surface area contributed by atoms with Crippen LogP contribution in [0.15, 0.2) is 18.2 Å². The molecule has 0 aliphatic carbocycles. The number of amides is 1. The van der Waals surface area contributed by atoms with E-state index in [-0.39, 0.29) is 5.91 Å². The first-order chi connectivity index (χ1) is 10.3. The van der Waals surface area contributed by atoms with Crippen molar-refractivity contribution >= 4 is 11.6 Å². The average molecular weight is 286 g/mol. The zero-order valence-corrected chi connectivity index (χ0v) is 13.0. The molecule has 0 saturated carbocycles. The van der Waals surface area contributed by atoms with Gasteiger partial charge < -0.3 is 10.2 Å². The molecule has 1 atom stereocenters. The van der Waals surface area contributed by atoms with Gasteiger partial charge in [-0.15, -0.1) is 0 Å². The molecule has 2 heterocycles. The van der Waals surface area contributed by atoms with E-state index < -0.39 is 0 Å². The van der Waals surface area contributed by atoms with E-state index in [1.54, 1.807) is 0 Å². The molecule has 2 aliphatic rings. The fraction of sp³-hybridized carbons (Fsp3) is 0.611. The molecular formula is C18H26N2O. The zero-order valence-electron chi connectivity index (χ0n) is 13.0. The van der Waals surface area contributed by atoms with Crippen molar-refractivity contribution in [2.24, 2.45) is 0 Å². The molecule has 3 nitrogen and oxygen atoms in total. The van der Waals surface area contributed by atoms with Crippen LogP contribution in [0.2, 0.25) is 0 Å². The first kappa shape index (κ1) is 14.4. The molecule has 0 spiro atoms. The maximum Gasteiger partial charge on any atom is 0.254 e. The fourth-order valence-corrected chi connectivity index (χ4v) is 3.64. The molecule has 0 radical (unpaired) electrons. The highest BCUT2D eigenvalue weighted by Gasteiger charge is 2.25. The molecule has 0 aromatic heterocycles. The summed E-state index contributed by atoms with van der Waals surface area (Å²) in [6.45, 7) is 4.17. The third-order valence-corrected chi connectivity index (χ3v) is 4.90. The highest BCUT2D eigenvalue weighted by atomic mass is 16.2. The Hall–Kier alpha value is -1.51. The van der Waals surface area contributed by atoms with E-state index in [0.717, 1.165) is 50.8 Å². The van der Waals surface area contributed by atoms with Crippen LogP contribution in [-0.4, -0.2) is 29.9 Å². The van der Waals surface area contributed by atoms with E-state index >= 15 is 0 Å². The molecule has 1 aromatic carbocycles. The largest absolute Gasteiger partial charge is 0.385 e. The molecule has 1 aromatic rings. The first-order valence-corrected chi connectivity index (χ1v) is 8.47. The number of likely N-dealkylation sites (tertiary alicyclic amines) is 1. The fourth-order valence-electron chi connectivity index (χ4n) is 3.64. The summed E-state index contributed by atoms with van der Waals surface area (Å²) < 4.78 is 0. The van der Waals surface area contributed by atoms with Crippen molar-refractivity contribution < 1.29 is 4.79 Å². The number of hydrogen-bond donors (Lipinski definition) is 1. The lowest BCUT2D eigenvalue weighted by Gasteiger charge is -2.30. The Morgan fingerprint density at radius 1 is 1.29 bits per heavy atom. The third-order valence-electron chi connectivity index (χ3n) is 4.90. The number of nitrogens with one attached hydrogen (secondary N) is 1. The van der Waals surface area contributed by atoms with E-state index in [0.29, 0.717) is 6.04 Å². The summed E-state index contributed by atoms with van der Waals surface area (Å²) in [7, 11) is 0. The van der Waals surface area contributed by atoms with E-state index in [1.165, 1.54) is 24.1 Å². The molecule has 21 heavy (non-hydrogen) atoms. The van der Waals surface area contributed by atoms with Gasteiger partial charge in [0.15, 0.2) is 0 Å². The Bertz CT molecular complexity index is 512. The number of benzene rings is 1. The van der Waals surface area contributed by atoms with Crippen LogP contribution in [0.4, 0.5) is 5.69 Å². The first-order valence-electron chi connectivity index (χ1n) is 8.47. The molecule has 114 valence electrons. The minimum Gasteiger partial charge on any atom is -0.385 e. The van der Waals surface area contributed by atoms with Crippen LogP contribution in [0.3, 0.4) is 0 Å². The van der Waals surface area contributed by atoms with E-state index in [4.69, 9.17) is 0 Å². The maximum absolute atomic E-state index is 12.9. The molecule has 1 saturated heterocycles. The number of hydrogen-bond acceptors (Lipinski definition) is 2. The van der Waals surface area contributed by atoms with Crippen LogP contribution in [0.25, 0.3) is 0 Å². The Kier molecular flexibility index (Phi) is 4.47. The predicted octanol–water partition coefficient (Wildman–Crippen LogP) is 3.84. The van der Waals surface area contributed by atoms with Crippen LogP contribution in [0.1, 0.15) is 61.4 Å². The summed E-state index contributed by atoms with van der Waals surface area (Å²) in [4.78, 5) is 15.0. The Morgan fingerprint density at radius 2 is 2.19 bits per heavy atom. The summed E-state index contributed by atoms with van der Waals surface area (Å²) in [6, 6.07) is 6.62. The van der Waals surface area contributed by atoms with E-state index in [9.17, 15) is 4.79 Å². The van der Waals surface area contributed by atoms with E-state index in [2.05, 4.69) is 29.3 Å². The summed E-state index contributed by atoms with van der Waals surface area (Å²) >= 11 is 0. The van der Waals surface area contributed by atoms with Crippen molar-refractivity contribution in [2.45, 2.75) is 57.9 Å². The Balaban J connectivity index is 1.83. The molecule has 3 rings (SSSR count). The molecule has 3 heteroatoms. The van der Waals surface area contributed by atoms with Gasteiger partial charge in [0, 0.05) is 30.4 Å². The molecule has 1 N–H and O–H groups in total. The van der Waals surface area contributed by atoms with Gasteiger partial charge in [-0.25, -0.2) is 0 Å². The van der Waals surface area contributed by atoms with Gasteiger partial charge in [0.1, 0.15) is 0 Å². The smallest absolute Gasteiger partial charge is 0.254 e. The lowest BCUT2D eigenvalue weighted by Crippen LogP contribution is -2.39. The highest BCUT2D eigenvalue weighted by Crippen LogP contribution is 2.26. The minimum atomic E-state index is 0.233. The van der Waals surface area contributed by atoms with Crippen LogP contribution in [0.5, 0.6) is 0 Å². The molecule has 0 bridgehead atoms. The number of nitrogens with zero attached hydrogens (tertiary/aromatic N) is 1. The minimum absolute atomic E-state index is 0.233. The second kappa shape index (κ2) is 6.50. The predicted molar refractivity (Wildman–Crippen MR) is 86.8 cm³/mol. The van der Waals surface area contributed by atoms with Crippen molar-refractivity contribution in [3.8, 4) is 0 Å². The normalized spacial score (nSPS) is 22.1. The van der Waals surface area contributed by atoms with Crippen LogP contribution >= 0.6 is 0 Å². The van der Waals surface area contributed by atoms with Gasteiger partial charge in [0.25, 0.3) is 5.91 Å². The standard InChI is InChI=1S/C18H26N2O/c1-2-16-8-4-3-5-12-20(16)18(21)15-9-10-17-14(13-15)7-6-11-19-17/h9-10,13,16,19H,2-8,11-12H2,1H3. The lowest BCUT2D eigenvalue weighted by molar-refractivity contribution is 0.0678. The third kappa shape index (κ3) is 3.07. The van der Waals surface area contributed by atoms with Crippen molar-refractivity contribution in [3.63, 3.8) is 0 Å². The second-order valence-corrected chi connectivity index (χ2v) is 6.31. The summed E-state index contributed by atoms with van der Waals surface area (Å²) in [5.41, 5.74) is 3.38. The van der Waals surface area contributed by atoms with Crippen LogP contribution < -0.4 is 5.32 Å². The lowest BCUT2D eigenvalue weighted by atomic mass is 9.99. The van der Waals surface area contributed by atoms with Gasteiger partial charge in [-0.05, 0) is 55.9 Å². The van der Waals surface area contributed by atoms with Crippen molar-refractivity contribution in [3.05, 3.63) is 29.3 Å². The number of fused-ring (bicyclic) bond motifs is 1. The quantitative estimate of drug-likeness (QED) is 0.896. The Morgan fingerprint density at radius 3 is 3.05 bits per heavy atom. The monoisotopic (exact) mass is 286 g/mol. The van der Waals surface area contributed by atoms with Gasteiger partial charge in [0.05, 0.1) is 0 Å². The van der Waals surface area contributed by atoms with E-state index in [1.807, 2.05) is 6.07 Å². The molecule has 1 unspecified atom stereocenters. The number of anilines is 1. The van der Waals surface area contributed by atoms with Crippen molar-refractivity contribution in [2.75, 3.05) is 18.4 Å². The molecule has 1 fully saturated rings. The van der Waals surface area contributed by atoms with Gasteiger partial charge in [0.2, 0.25) is 0 Å². The molecular weight excluding hydrogens is 260 g/mol. The van der Waals surface area contributed by atoms with Crippen molar-refractivity contribution in [1.29, 1.82) is 0 Å². The van der Waals surface area contributed by atoms with Crippen LogP contribution in [0, 0.1) is 0 Å². The maximum atomic E-state index is 12.9. The van der Waals surface area contributed by atoms with Gasteiger partial charge in [-0.1, -0.05) is 19.8 Å². The SMILES string of the molecule is CCC1CCCCCN1C(=O)c1ccc2c(c1)CCCN2. The number of rotatable bonds is 2. The topological polar surface area (TPSA) is 32.3 Å². The summed E-state index contributed by atoms with van der Waals surface area (Å²) in [5, 5.41) is 3.41. The van der Waals surface area contributed by atoms with Gasteiger partial charge >= 0.3 is 0 Å². The van der Waals surface area contributed by atoms with Gasteiger partial charge in [-0.3, -0.25) is 4.79 Å². The second-order valence-electron chi connectivity index (χ2n) is 6.31. The van der Waals surface area contributed by atoms with Crippen LogP contribution in [-0.2, 0) is 6.42 Å². The number of carbonyl (C=O) groups excluding carboxylic acids is 1.